The summed E-state index contributed by atoms with van der Waals surface area (Å²) < 4.78 is 5.26. The second-order valence-electron chi connectivity index (χ2n) is 3.83. The highest BCUT2D eigenvalue weighted by molar-refractivity contribution is 5.85. The van der Waals surface area contributed by atoms with Gasteiger partial charge in [-0.2, -0.15) is 5.48 Å². The van der Waals surface area contributed by atoms with Crippen LogP contribution in [0.2, 0.25) is 0 Å². The second kappa shape index (κ2) is 6.02. The molecule has 1 amide bonds. The van der Waals surface area contributed by atoms with Crippen molar-refractivity contribution in [3.63, 3.8) is 0 Å². The number of carbonyl (C=O) groups excluding carboxylic acids is 2. The van der Waals surface area contributed by atoms with Crippen molar-refractivity contribution in [3.8, 4) is 5.75 Å². The quantitative estimate of drug-likeness (QED) is 0.786. The Kier molecular flexibility index (Phi) is 4.14. The lowest BCUT2D eigenvalue weighted by Gasteiger charge is -2.21. The SMILES string of the molecule is O=C(COc1ccccc1)NC1CCNOC1=O. The Bertz CT molecular complexity index is 421. The number of hydroxylamine groups is 1. The van der Waals surface area contributed by atoms with E-state index in [1.165, 1.54) is 0 Å². The van der Waals surface area contributed by atoms with E-state index in [1.54, 1.807) is 12.1 Å². The van der Waals surface area contributed by atoms with E-state index in [4.69, 9.17) is 4.74 Å². The van der Waals surface area contributed by atoms with Crippen LogP contribution in [0.5, 0.6) is 5.75 Å². The Hall–Kier alpha value is -2.08. The van der Waals surface area contributed by atoms with Crippen LogP contribution in [0.4, 0.5) is 0 Å². The molecule has 1 atom stereocenters. The van der Waals surface area contributed by atoms with E-state index in [0.29, 0.717) is 18.7 Å². The summed E-state index contributed by atoms with van der Waals surface area (Å²) in [5, 5.41) is 2.56. The molecule has 1 aromatic carbocycles. The molecular weight excluding hydrogens is 236 g/mol. The van der Waals surface area contributed by atoms with E-state index in [1.807, 2.05) is 18.2 Å². The van der Waals surface area contributed by atoms with Gasteiger partial charge in [-0.1, -0.05) is 18.2 Å². The molecule has 1 fully saturated rings. The Morgan fingerprint density at radius 2 is 2.22 bits per heavy atom. The van der Waals surface area contributed by atoms with Gasteiger partial charge >= 0.3 is 5.97 Å². The molecule has 0 radical (unpaired) electrons. The molecule has 6 heteroatoms. The minimum Gasteiger partial charge on any atom is -0.484 e. The predicted octanol–water partition coefficient (Wildman–Crippen LogP) is 0.00170. The van der Waals surface area contributed by atoms with Crippen molar-refractivity contribution in [1.29, 1.82) is 0 Å². The zero-order valence-corrected chi connectivity index (χ0v) is 9.72. The highest BCUT2D eigenvalue weighted by Crippen LogP contribution is 2.07. The van der Waals surface area contributed by atoms with E-state index in [-0.39, 0.29) is 12.5 Å². The second-order valence-corrected chi connectivity index (χ2v) is 3.83. The van der Waals surface area contributed by atoms with Crippen molar-refractivity contribution in [2.24, 2.45) is 0 Å². The summed E-state index contributed by atoms with van der Waals surface area (Å²) in [7, 11) is 0. The fraction of sp³-hybridized carbons (Fsp3) is 0.333. The molecule has 1 heterocycles. The first-order valence-corrected chi connectivity index (χ1v) is 5.66. The summed E-state index contributed by atoms with van der Waals surface area (Å²) in [5.41, 5.74) is 2.46. The zero-order chi connectivity index (χ0) is 12.8. The summed E-state index contributed by atoms with van der Waals surface area (Å²) in [6.45, 7) is 0.400. The first kappa shape index (κ1) is 12.4. The minimum absolute atomic E-state index is 0.124. The van der Waals surface area contributed by atoms with Crippen molar-refractivity contribution in [2.45, 2.75) is 12.5 Å². The fourth-order valence-corrected chi connectivity index (χ4v) is 1.55. The van der Waals surface area contributed by atoms with Gasteiger partial charge in [0, 0.05) is 6.54 Å². The lowest BCUT2D eigenvalue weighted by atomic mass is 10.2. The summed E-state index contributed by atoms with van der Waals surface area (Å²) in [5.74, 6) is -0.211. The molecule has 96 valence electrons. The van der Waals surface area contributed by atoms with Crippen LogP contribution in [-0.2, 0) is 14.4 Å². The van der Waals surface area contributed by atoms with Gasteiger partial charge in [0.1, 0.15) is 11.8 Å². The van der Waals surface area contributed by atoms with Gasteiger partial charge in [0.2, 0.25) is 0 Å². The fourth-order valence-electron chi connectivity index (χ4n) is 1.55. The molecule has 1 unspecified atom stereocenters. The number of benzene rings is 1. The number of ether oxygens (including phenoxy) is 1. The molecule has 0 aromatic heterocycles. The molecular formula is C12H14N2O4. The zero-order valence-electron chi connectivity index (χ0n) is 9.72. The van der Waals surface area contributed by atoms with Crippen LogP contribution in [0.3, 0.4) is 0 Å². The van der Waals surface area contributed by atoms with Gasteiger partial charge in [-0.25, -0.2) is 4.79 Å². The molecule has 0 saturated carbocycles. The number of para-hydroxylation sites is 1. The third kappa shape index (κ3) is 3.46. The van der Waals surface area contributed by atoms with Crippen molar-refractivity contribution >= 4 is 11.9 Å². The number of amides is 1. The number of nitrogens with one attached hydrogen (secondary N) is 2. The molecule has 2 N–H and O–H groups in total. The summed E-state index contributed by atoms with van der Waals surface area (Å²) in [6, 6.07) is 8.41. The Labute approximate surface area is 104 Å². The van der Waals surface area contributed by atoms with Crippen LogP contribution < -0.4 is 15.5 Å². The Balaban J connectivity index is 1.76. The normalized spacial score (nSPS) is 18.9. The highest BCUT2D eigenvalue weighted by atomic mass is 16.7. The van der Waals surface area contributed by atoms with Gasteiger partial charge in [0.05, 0.1) is 0 Å². The van der Waals surface area contributed by atoms with Crippen LogP contribution in [0.15, 0.2) is 30.3 Å². The van der Waals surface area contributed by atoms with E-state index in [0.717, 1.165) is 0 Å². The summed E-state index contributed by atoms with van der Waals surface area (Å²) in [6.07, 6.45) is 0.510. The first-order valence-electron chi connectivity index (χ1n) is 5.66. The lowest BCUT2D eigenvalue weighted by molar-refractivity contribution is -0.159. The number of rotatable bonds is 4. The van der Waals surface area contributed by atoms with Crippen LogP contribution >= 0.6 is 0 Å². The van der Waals surface area contributed by atoms with Gasteiger partial charge in [-0.15, -0.1) is 0 Å². The minimum atomic E-state index is -0.599. The van der Waals surface area contributed by atoms with E-state index >= 15 is 0 Å². The van der Waals surface area contributed by atoms with Crippen molar-refractivity contribution < 1.29 is 19.2 Å². The maximum absolute atomic E-state index is 11.6. The smallest absolute Gasteiger partial charge is 0.347 e. The first-order chi connectivity index (χ1) is 8.75. The molecule has 2 rings (SSSR count). The highest BCUT2D eigenvalue weighted by Gasteiger charge is 2.25. The average Bonchev–Trinajstić information content (AvgIpc) is 2.40. The van der Waals surface area contributed by atoms with Gasteiger partial charge in [-0.05, 0) is 18.6 Å². The van der Waals surface area contributed by atoms with Crippen molar-refractivity contribution in [3.05, 3.63) is 30.3 Å². The van der Waals surface area contributed by atoms with E-state index in [2.05, 4.69) is 15.6 Å². The monoisotopic (exact) mass is 250 g/mol. The van der Waals surface area contributed by atoms with Gasteiger partial charge in [-0.3, -0.25) is 4.79 Å². The topological polar surface area (TPSA) is 76.7 Å². The number of hydrogen-bond acceptors (Lipinski definition) is 5. The van der Waals surface area contributed by atoms with Gasteiger partial charge < -0.3 is 14.9 Å². The van der Waals surface area contributed by atoms with Gasteiger partial charge in [0.15, 0.2) is 6.61 Å². The van der Waals surface area contributed by atoms with Crippen LogP contribution in [0.25, 0.3) is 0 Å². The van der Waals surface area contributed by atoms with Crippen molar-refractivity contribution in [1.82, 2.24) is 10.8 Å². The van der Waals surface area contributed by atoms with E-state index in [9.17, 15) is 9.59 Å². The number of hydrogen-bond donors (Lipinski definition) is 2. The molecule has 1 aliphatic heterocycles. The lowest BCUT2D eigenvalue weighted by Crippen LogP contribution is -2.49. The maximum Gasteiger partial charge on any atom is 0.347 e. The predicted molar refractivity (Wildman–Crippen MR) is 62.6 cm³/mol. The maximum atomic E-state index is 11.6. The molecule has 0 spiro atoms. The van der Waals surface area contributed by atoms with Crippen LogP contribution in [-0.4, -0.2) is 31.1 Å². The van der Waals surface area contributed by atoms with E-state index < -0.39 is 12.0 Å². The average molecular weight is 250 g/mol. The molecule has 0 aliphatic carbocycles. The molecule has 0 bridgehead atoms. The molecule has 6 nitrogen and oxygen atoms in total. The Morgan fingerprint density at radius 1 is 1.44 bits per heavy atom. The summed E-state index contributed by atoms with van der Waals surface area (Å²) >= 11 is 0. The Morgan fingerprint density at radius 3 is 2.94 bits per heavy atom. The third-order valence-corrected chi connectivity index (χ3v) is 2.44. The summed E-state index contributed by atoms with van der Waals surface area (Å²) in [4.78, 5) is 27.4. The van der Waals surface area contributed by atoms with Crippen molar-refractivity contribution in [2.75, 3.05) is 13.2 Å². The van der Waals surface area contributed by atoms with Crippen LogP contribution in [0.1, 0.15) is 6.42 Å². The van der Waals surface area contributed by atoms with Gasteiger partial charge in [0.25, 0.3) is 5.91 Å². The molecule has 1 aromatic rings. The molecule has 1 aliphatic rings. The molecule has 18 heavy (non-hydrogen) atoms. The number of carbonyl (C=O) groups is 2. The third-order valence-electron chi connectivity index (χ3n) is 2.44. The van der Waals surface area contributed by atoms with Crippen LogP contribution in [0, 0.1) is 0 Å². The standard InChI is InChI=1S/C12H14N2O4/c15-11(8-17-9-4-2-1-3-5-9)14-10-6-7-13-18-12(10)16/h1-5,10,13H,6-8H2,(H,14,15). The molecule has 1 saturated heterocycles. The largest absolute Gasteiger partial charge is 0.484 e.